The average molecular weight is 204 g/mol. The monoisotopic (exact) mass is 204 g/mol. The second-order valence-electron chi connectivity index (χ2n) is 4.71. The molecule has 0 aromatic heterocycles. The van der Waals surface area contributed by atoms with Gasteiger partial charge in [-0.1, -0.05) is 32.0 Å². The van der Waals surface area contributed by atoms with Crippen molar-refractivity contribution in [1.29, 1.82) is 0 Å². The Morgan fingerprint density at radius 1 is 1.21 bits per heavy atom. The molecule has 1 heterocycles. The van der Waals surface area contributed by atoms with Crippen LogP contribution in [0.2, 0.25) is 0 Å². The van der Waals surface area contributed by atoms with Gasteiger partial charge < -0.3 is 0 Å². The van der Waals surface area contributed by atoms with Gasteiger partial charge in [-0.05, 0) is 35.6 Å². The van der Waals surface area contributed by atoms with Crippen LogP contribution in [-0.2, 0) is 5.41 Å². The van der Waals surface area contributed by atoms with Crippen molar-refractivity contribution in [1.82, 2.24) is 0 Å². The molecule has 0 saturated heterocycles. The molecule has 1 heteroatoms. The van der Waals surface area contributed by atoms with Crippen LogP contribution in [0, 0.1) is 11.8 Å². The summed E-state index contributed by atoms with van der Waals surface area (Å²) in [7, 11) is 0. The zero-order valence-electron chi connectivity index (χ0n) is 8.79. The van der Waals surface area contributed by atoms with Crippen LogP contribution in [0.15, 0.2) is 29.2 Å². The summed E-state index contributed by atoms with van der Waals surface area (Å²) in [6.45, 7) is 4.83. The van der Waals surface area contributed by atoms with E-state index in [0.717, 1.165) is 11.8 Å². The molecule has 0 radical (unpaired) electrons. The van der Waals surface area contributed by atoms with Crippen molar-refractivity contribution in [3.63, 3.8) is 0 Å². The Kier molecular flexibility index (Phi) is 1.76. The minimum atomic E-state index is 0.557. The number of rotatable bonds is 0. The van der Waals surface area contributed by atoms with E-state index in [1.165, 1.54) is 17.1 Å². The first-order valence-electron chi connectivity index (χ1n) is 5.49. The third kappa shape index (κ3) is 0.916. The van der Waals surface area contributed by atoms with Crippen molar-refractivity contribution >= 4 is 11.8 Å². The quantitative estimate of drug-likeness (QED) is 0.621. The molecule has 74 valence electrons. The van der Waals surface area contributed by atoms with Crippen LogP contribution < -0.4 is 0 Å². The van der Waals surface area contributed by atoms with Gasteiger partial charge in [0.2, 0.25) is 0 Å². The first kappa shape index (κ1) is 8.84. The fraction of sp³-hybridized carbons (Fsp3) is 0.538. The number of hydrogen-bond acceptors (Lipinski definition) is 1. The minimum Gasteiger partial charge on any atom is -0.126 e. The highest BCUT2D eigenvalue weighted by molar-refractivity contribution is 7.99. The normalized spacial score (nSPS) is 39.6. The molecule has 0 N–H and O–H groups in total. The molecular formula is C13H16S. The van der Waals surface area contributed by atoms with Gasteiger partial charge in [0.1, 0.15) is 0 Å². The maximum absolute atomic E-state index is 2.41. The molecule has 2 unspecified atom stereocenters. The van der Waals surface area contributed by atoms with Crippen molar-refractivity contribution in [2.45, 2.75) is 30.6 Å². The molecule has 1 fully saturated rings. The maximum atomic E-state index is 2.41. The van der Waals surface area contributed by atoms with Gasteiger partial charge in [0, 0.05) is 10.3 Å². The minimum absolute atomic E-state index is 0.557. The number of thioether (sulfide) groups is 1. The summed E-state index contributed by atoms with van der Waals surface area (Å²) in [6, 6.07) is 9.01. The van der Waals surface area contributed by atoms with Crippen molar-refractivity contribution in [2.24, 2.45) is 11.8 Å². The molecule has 2 atom stereocenters. The van der Waals surface area contributed by atoms with E-state index in [2.05, 4.69) is 38.1 Å². The van der Waals surface area contributed by atoms with Gasteiger partial charge >= 0.3 is 0 Å². The summed E-state index contributed by atoms with van der Waals surface area (Å²) >= 11 is 2.04. The van der Waals surface area contributed by atoms with E-state index in [4.69, 9.17) is 0 Å². The molecule has 1 aliphatic heterocycles. The Bertz CT molecular complexity index is 361. The van der Waals surface area contributed by atoms with Crippen LogP contribution in [0.4, 0.5) is 0 Å². The van der Waals surface area contributed by atoms with Crippen LogP contribution >= 0.6 is 11.8 Å². The lowest BCUT2D eigenvalue weighted by atomic mass is 9.89. The largest absolute Gasteiger partial charge is 0.126 e. The zero-order chi connectivity index (χ0) is 9.76. The summed E-state index contributed by atoms with van der Waals surface area (Å²) < 4.78 is 0. The molecule has 1 aromatic carbocycles. The van der Waals surface area contributed by atoms with Gasteiger partial charge in [0.05, 0.1) is 0 Å². The second kappa shape index (κ2) is 2.79. The van der Waals surface area contributed by atoms with E-state index in [0.29, 0.717) is 5.41 Å². The summed E-state index contributed by atoms with van der Waals surface area (Å²) in [4.78, 5) is 1.54. The third-order valence-electron chi connectivity index (χ3n) is 4.43. The highest BCUT2D eigenvalue weighted by Crippen LogP contribution is 2.65. The summed E-state index contributed by atoms with van der Waals surface area (Å²) in [5.74, 6) is 3.10. The highest BCUT2D eigenvalue weighted by atomic mass is 32.2. The fourth-order valence-corrected chi connectivity index (χ4v) is 4.50. The molecule has 0 nitrogen and oxygen atoms in total. The summed E-state index contributed by atoms with van der Waals surface area (Å²) in [6.07, 6.45) is 1.39. The van der Waals surface area contributed by atoms with Gasteiger partial charge in [0.15, 0.2) is 0 Å². The smallest absolute Gasteiger partial charge is 0.0110 e. The van der Waals surface area contributed by atoms with E-state index < -0.39 is 0 Å². The SMILES string of the molecule is CC1C(C)C12CCSc1ccccc12. The predicted molar refractivity (Wildman–Crippen MR) is 61.8 cm³/mol. The van der Waals surface area contributed by atoms with Gasteiger partial charge in [-0.25, -0.2) is 0 Å². The van der Waals surface area contributed by atoms with Crippen molar-refractivity contribution in [2.75, 3.05) is 5.75 Å². The zero-order valence-corrected chi connectivity index (χ0v) is 9.60. The lowest BCUT2D eigenvalue weighted by Gasteiger charge is -2.26. The lowest BCUT2D eigenvalue weighted by Crippen LogP contribution is -2.17. The highest BCUT2D eigenvalue weighted by Gasteiger charge is 2.60. The molecule has 0 amide bonds. The average Bonchev–Trinajstić information content (AvgIpc) is 2.73. The molecule has 1 spiro atoms. The van der Waals surface area contributed by atoms with E-state index >= 15 is 0 Å². The van der Waals surface area contributed by atoms with Crippen molar-refractivity contribution < 1.29 is 0 Å². The van der Waals surface area contributed by atoms with Crippen LogP contribution in [0.1, 0.15) is 25.8 Å². The lowest BCUT2D eigenvalue weighted by molar-refractivity contribution is 0.570. The Morgan fingerprint density at radius 3 is 2.64 bits per heavy atom. The van der Waals surface area contributed by atoms with Crippen LogP contribution in [0.25, 0.3) is 0 Å². The molecule has 14 heavy (non-hydrogen) atoms. The second-order valence-corrected chi connectivity index (χ2v) is 5.85. The van der Waals surface area contributed by atoms with E-state index in [9.17, 15) is 0 Å². The molecule has 1 aliphatic carbocycles. The molecule has 1 saturated carbocycles. The Labute approximate surface area is 90.1 Å². The Hall–Kier alpha value is -0.430. The Morgan fingerprint density at radius 2 is 1.93 bits per heavy atom. The topological polar surface area (TPSA) is 0 Å². The standard InChI is InChI=1S/C13H16S/c1-9-10(2)13(9)7-8-14-12-6-4-3-5-11(12)13/h3-6,9-10H,7-8H2,1-2H3. The van der Waals surface area contributed by atoms with Gasteiger partial charge in [-0.3, -0.25) is 0 Å². The number of benzene rings is 1. The fourth-order valence-electron chi connectivity index (χ4n) is 3.25. The first-order chi connectivity index (χ1) is 6.77. The van der Waals surface area contributed by atoms with Gasteiger partial charge in [-0.2, -0.15) is 0 Å². The molecular weight excluding hydrogens is 188 g/mol. The van der Waals surface area contributed by atoms with E-state index in [1.54, 1.807) is 5.56 Å². The summed E-state index contributed by atoms with van der Waals surface area (Å²) in [5.41, 5.74) is 2.19. The van der Waals surface area contributed by atoms with Crippen LogP contribution in [-0.4, -0.2) is 5.75 Å². The molecule has 0 bridgehead atoms. The van der Waals surface area contributed by atoms with Gasteiger partial charge in [-0.15, -0.1) is 11.8 Å². The first-order valence-corrected chi connectivity index (χ1v) is 6.47. The molecule has 1 aromatic rings. The van der Waals surface area contributed by atoms with E-state index in [-0.39, 0.29) is 0 Å². The van der Waals surface area contributed by atoms with Crippen LogP contribution in [0.5, 0.6) is 0 Å². The predicted octanol–water partition coefficient (Wildman–Crippen LogP) is 3.71. The van der Waals surface area contributed by atoms with Crippen molar-refractivity contribution in [3.05, 3.63) is 29.8 Å². The third-order valence-corrected chi connectivity index (χ3v) is 5.50. The maximum Gasteiger partial charge on any atom is 0.0110 e. The van der Waals surface area contributed by atoms with Gasteiger partial charge in [0.25, 0.3) is 0 Å². The van der Waals surface area contributed by atoms with E-state index in [1.807, 2.05) is 11.8 Å². The molecule has 2 aliphatic rings. The van der Waals surface area contributed by atoms with Crippen molar-refractivity contribution in [3.8, 4) is 0 Å². The summed E-state index contributed by atoms with van der Waals surface area (Å²) in [5, 5.41) is 0. The van der Waals surface area contributed by atoms with Crippen LogP contribution in [0.3, 0.4) is 0 Å². The molecule has 3 rings (SSSR count). The number of fused-ring (bicyclic) bond motifs is 2. The Balaban J connectivity index is 2.13. The number of hydrogen-bond donors (Lipinski definition) is 0.